The maximum atomic E-state index is 13.3. The van der Waals surface area contributed by atoms with Crippen molar-refractivity contribution in [3.8, 4) is 0 Å². The van der Waals surface area contributed by atoms with Gasteiger partial charge in [-0.2, -0.15) is 0 Å². The minimum Gasteiger partial charge on any atom is -0.391 e. The third-order valence-electron chi connectivity index (χ3n) is 2.43. The first-order valence-electron chi connectivity index (χ1n) is 5.95. The largest absolute Gasteiger partial charge is 0.391 e. The highest BCUT2D eigenvalue weighted by Crippen LogP contribution is 2.21. The smallest absolute Gasteiger partial charge is 0.220 e. The molecule has 0 heterocycles. The summed E-state index contributed by atoms with van der Waals surface area (Å²) in [7, 11) is 0. The minimum absolute atomic E-state index is 0.119. The number of nitrogens with one attached hydrogen (secondary N) is 1. The van der Waals surface area contributed by atoms with E-state index in [2.05, 4.69) is 5.32 Å². The number of carbonyl (C=O) groups is 1. The maximum absolute atomic E-state index is 13.3. The topological polar surface area (TPSA) is 49.3 Å². The lowest BCUT2D eigenvalue weighted by molar-refractivity contribution is -0.121. The van der Waals surface area contributed by atoms with Gasteiger partial charge in [-0.1, -0.05) is 19.1 Å². The van der Waals surface area contributed by atoms with E-state index in [1.807, 2.05) is 6.92 Å². The zero-order chi connectivity index (χ0) is 13.4. The monoisotopic (exact) mass is 271 g/mol. The summed E-state index contributed by atoms with van der Waals surface area (Å²) in [6.45, 7) is 2.13. The van der Waals surface area contributed by atoms with Crippen molar-refractivity contribution in [1.82, 2.24) is 5.32 Å². The first kappa shape index (κ1) is 15.0. The summed E-state index contributed by atoms with van der Waals surface area (Å²) in [6, 6.07) is 6.50. The van der Waals surface area contributed by atoms with Crippen LogP contribution in [0.15, 0.2) is 29.2 Å². The highest BCUT2D eigenvalue weighted by Gasteiger charge is 2.06. The summed E-state index contributed by atoms with van der Waals surface area (Å²) in [4.78, 5) is 12.0. The molecule has 1 aromatic rings. The van der Waals surface area contributed by atoms with Gasteiger partial charge in [0.05, 0.1) is 6.10 Å². The predicted octanol–water partition coefficient (Wildman–Crippen LogP) is 2.20. The van der Waals surface area contributed by atoms with E-state index in [0.717, 1.165) is 0 Å². The summed E-state index contributed by atoms with van der Waals surface area (Å²) in [6.07, 6.45) is 0.438. The number of hydrogen-bond acceptors (Lipinski definition) is 3. The molecule has 1 unspecified atom stereocenters. The van der Waals surface area contributed by atoms with Crippen LogP contribution >= 0.6 is 11.8 Å². The van der Waals surface area contributed by atoms with Gasteiger partial charge < -0.3 is 10.4 Å². The van der Waals surface area contributed by atoms with Crippen LogP contribution in [0.25, 0.3) is 0 Å². The van der Waals surface area contributed by atoms with E-state index in [0.29, 0.717) is 23.5 Å². The maximum Gasteiger partial charge on any atom is 0.220 e. The Kier molecular flexibility index (Phi) is 6.75. The van der Waals surface area contributed by atoms with Crippen LogP contribution in [0.1, 0.15) is 19.8 Å². The lowest BCUT2D eigenvalue weighted by atomic mass is 10.3. The molecule has 0 fully saturated rings. The molecule has 0 spiro atoms. The molecule has 1 rings (SSSR count). The molecular formula is C13H18FNO2S. The highest BCUT2D eigenvalue weighted by atomic mass is 32.2. The second-order valence-corrected chi connectivity index (χ2v) is 5.03. The molecule has 0 aliphatic carbocycles. The Morgan fingerprint density at radius 3 is 2.89 bits per heavy atom. The third-order valence-corrected chi connectivity index (χ3v) is 3.48. The Morgan fingerprint density at radius 1 is 1.50 bits per heavy atom. The van der Waals surface area contributed by atoms with Crippen molar-refractivity contribution in [2.45, 2.75) is 30.8 Å². The molecule has 0 aromatic heterocycles. The first-order valence-corrected chi connectivity index (χ1v) is 6.94. The van der Waals surface area contributed by atoms with Crippen LogP contribution in [0.4, 0.5) is 4.39 Å². The Labute approximate surface area is 111 Å². The summed E-state index contributed by atoms with van der Waals surface area (Å²) < 4.78 is 13.3. The van der Waals surface area contributed by atoms with Crippen molar-refractivity contribution in [2.24, 2.45) is 0 Å². The molecular weight excluding hydrogens is 253 g/mol. The van der Waals surface area contributed by atoms with E-state index in [1.165, 1.54) is 17.8 Å². The first-order chi connectivity index (χ1) is 8.63. The van der Waals surface area contributed by atoms with Gasteiger partial charge in [0.2, 0.25) is 5.91 Å². The van der Waals surface area contributed by atoms with Gasteiger partial charge in [0.15, 0.2) is 0 Å². The Hall–Kier alpha value is -1.07. The van der Waals surface area contributed by atoms with Gasteiger partial charge in [0.25, 0.3) is 0 Å². The molecule has 0 aliphatic rings. The summed E-state index contributed by atoms with van der Waals surface area (Å²) >= 11 is 1.32. The van der Waals surface area contributed by atoms with Crippen molar-refractivity contribution in [3.05, 3.63) is 30.1 Å². The lowest BCUT2D eigenvalue weighted by Gasteiger charge is -2.09. The van der Waals surface area contributed by atoms with Gasteiger partial charge in [0.1, 0.15) is 5.82 Å². The van der Waals surface area contributed by atoms with Crippen LogP contribution in [-0.4, -0.2) is 29.4 Å². The zero-order valence-electron chi connectivity index (χ0n) is 10.4. The van der Waals surface area contributed by atoms with Crippen molar-refractivity contribution < 1.29 is 14.3 Å². The summed E-state index contributed by atoms with van der Waals surface area (Å²) in [5.41, 5.74) is 0. The fourth-order valence-electron chi connectivity index (χ4n) is 1.28. The fourth-order valence-corrected chi connectivity index (χ4v) is 2.17. The van der Waals surface area contributed by atoms with Crippen LogP contribution in [0.3, 0.4) is 0 Å². The van der Waals surface area contributed by atoms with Gasteiger partial charge in [-0.3, -0.25) is 4.79 Å². The molecule has 1 amide bonds. The van der Waals surface area contributed by atoms with E-state index in [9.17, 15) is 14.3 Å². The quantitative estimate of drug-likeness (QED) is 0.747. The number of thioether (sulfide) groups is 1. The second kappa shape index (κ2) is 8.11. The number of hydrogen-bond donors (Lipinski definition) is 2. The van der Waals surface area contributed by atoms with Crippen molar-refractivity contribution in [3.63, 3.8) is 0 Å². The molecule has 5 heteroatoms. The molecule has 1 atom stereocenters. The fraction of sp³-hybridized carbons (Fsp3) is 0.462. The van der Waals surface area contributed by atoms with Crippen molar-refractivity contribution in [1.29, 1.82) is 0 Å². The van der Waals surface area contributed by atoms with E-state index in [-0.39, 0.29) is 18.3 Å². The third kappa shape index (κ3) is 5.51. The number of rotatable bonds is 7. The van der Waals surface area contributed by atoms with Crippen LogP contribution in [0.2, 0.25) is 0 Å². The highest BCUT2D eigenvalue weighted by molar-refractivity contribution is 7.99. The van der Waals surface area contributed by atoms with Gasteiger partial charge in [-0.25, -0.2) is 4.39 Å². The molecule has 0 aliphatic heterocycles. The second-order valence-electron chi connectivity index (χ2n) is 3.90. The van der Waals surface area contributed by atoms with Crippen molar-refractivity contribution in [2.75, 3.05) is 12.3 Å². The van der Waals surface area contributed by atoms with E-state index >= 15 is 0 Å². The van der Waals surface area contributed by atoms with Gasteiger partial charge in [-0.15, -0.1) is 11.8 Å². The molecule has 1 aromatic carbocycles. The average Bonchev–Trinajstić information content (AvgIpc) is 2.38. The number of benzene rings is 1. The van der Waals surface area contributed by atoms with Crippen LogP contribution in [0, 0.1) is 5.82 Å². The Morgan fingerprint density at radius 2 is 2.22 bits per heavy atom. The van der Waals surface area contributed by atoms with E-state index in [1.54, 1.807) is 18.2 Å². The molecule has 18 heavy (non-hydrogen) atoms. The number of halogens is 1. The molecule has 100 valence electrons. The molecule has 0 bridgehead atoms. The van der Waals surface area contributed by atoms with Gasteiger partial charge in [-0.05, 0) is 18.6 Å². The minimum atomic E-state index is -0.492. The lowest BCUT2D eigenvalue weighted by Crippen LogP contribution is -2.31. The number of carbonyl (C=O) groups excluding carboxylic acids is 1. The number of aliphatic hydroxyl groups is 1. The number of amides is 1. The zero-order valence-corrected chi connectivity index (χ0v) is 11.2. The SMILES string of the molecule is CCC(O)CNC(=O)CCSc1ccccc1F. The molecule has 3 nitrogen and oxygen atoms in total. The average molecular weight is 271 g/mol. The normalized spacial score (nSPS) is 12.2. The van der Waals surface area contributed by atoms with Gasteiger partial charge >= 0.3 is 0 Å². The summed E-state index contributed by atoms with van der Waals surface area (Å²) in [5, 5.41) is 11.9. The molecule has 2 N–H and O–H groups in total. The summed E-state index contributed by atoms with van der Waals surface area (Å²) in [5.74, 6) is 0.144. The van der Waals surface area contributed by atoms with Crippen LogP contribution in [-0.2, 0) is 4.79 Å². The van der Waals surface area contributed by atoms with E-state index < -0.39 is 6.10 Å². The predicted molar refractivity (Wildman–Crippen MR) is 71.0 cm³/mol. The molecule has 0 radical (unpaired) electrons. The standard InChI is InChI=1S/C13H18FNO2S/c1-2-10(16)9-15-13(17)7-8-18-12-6-4-3-5-11(12)14/h3-6,10,16H,2,7-9H2,1H3,(H,15,17). The Bertz CT molecular complexity index is 387. The van der Waals surface area contributed by atoms with Gasteiger partial charge in [0, 0.05) is 23.6 Å². The van der Waals surface area contributed by atoms with E-state index in [4.69, 9.17) is 0 Å². The van der Waals surface area contributed by atoms with Crippen LogP contribution < -0.4 is 5.32 Å². The Balaban J connectivity index is 2.22. The number of aliphatic hydroxyl groups excluding tert-OH is 1. The van der Waals surface area contributed by atoms with Crippen molar-refractivity contribution >= 4 is 17.7 Å². The van der Waals surface area contributed by atoms with Crippen LogP contribution in [0.5, 0.6) is 0 Å². The molecule has 0 saturated heterocycles. The molecule has 0 saturated carbocycles.